The van der Waals surface area contributed by atoms with Gasteiger partial charge in [-0.15, -0.1) is 0 Å². The Labute approximate surface area is 193 Å². The van der Waals surface area contributed by atoms with Gasteiger partial charge in [0, 0.05) is 18.9 Å². The van der Waals surface area contributed by atoms with Gasteiger partial charge in [-0.25, -0.2) is 9.59 Å². The molecule has 1 saturated carbocycles. The molecule has 7 heteroatoms. The van der Waals surface area contributed by atoms with Crippen LogP contribution in [0.3, 0.4) is 0 Å². The summed E-state index contributed by atoms with van der Waals surface area (Å²) < 4.78 is 5.51. The molecule has 3 N–H and O–H groups in total. The lowest BCUT2D eigenvalue weighted by molar-refractivity contribution is -0.142. The van der Waals surface area contributed by atoms with Crippen molar-refractivity contribution in [2.75, 3.05) is 13.2 Å². The maximum atomic E-state index is 12.3. The minimum atomic E-state index is -1.00. The van der Waals surface area contributed by atoms with Gasteiger partial charge in [-0.1, -0.05) is 68.3 Å². The number of nitrogens with one attached hydrogen (secondary N) is 2. The van der Waals surface area contributed by atoms with Crippen LogP contribution >= 0.6 is 0 Å². The topological polar surface area (TPSA) is 105 Å². The highest BCUT2D eigenvalue weighted by atomic mass is 16.5. The van der Waals surface area contributed by atoms with Crippen LogP contribution in [0.5, 0.6) is 0 Å². The van der Waals surface area contributed by atoms with Crippen LogP contribution in [0.25, 0.3) is 11.1 Å². The highest BCUT2D eigenvalue weighted by Crippen LogP contribution is 2.44. The second kappa shape index (κ2) is 10.1. The van der Waals surface area contributed by atoms with Crippen molar-refractivity contribution in [1.82, 2.24) is 10.6 Å². The normalized spacial score (nSPS) is 16.3. The Morgan fingerprint density at radius 3 is 2.21 bits per heavy atom. The van der Waals surface area contributed by atoms with Gasteiger partial charge in [0.25, 0.3) is 0 Å². The van der Waals surface area contributed by atoms with Crippen molar-refractivity contribution in [3.63, 3.8) is 0 Å². The van der Waals surface area contributed by atoms with Gasteiger partial charge in [0.15, 0.2) is 0 Å². The van der Waals surface area contributed by atoms with Gasteiger partial charge in [-0.05, 0) is 40.5 Å². The number of hydrogen-bond donors (Lipinski definition) is 3. The molecular weight excluding hydrogens is 420 g/mol. The first kappa shape index (κ1) is 22.8. The molecule has 4 rings (SSSR count). The van der Waals surface area contributed by atoms with Crippen molar-refractivity contribution in [3.8, 4) is 11.1 Å². The molecule has 0 radical (unpaired) electrons. The summed E-state index contributed by atoms with van der Waals surface area (Å²) in [6, 6.07) is 15.5. The number of carbonyl (C=O) groups is 3. The molecule has 2 aromatic rings. The van der Waals surface area contributed by atoms with E-state index in [1.165, 1.54) is 11.1 Å². The van der Waals surface area contributed by atoms with Crippen molar-refractivity contribution >= 4 is 18.0 Å². The predicted molar refractivity (Wildman–Crippen MR) is 124 cm³/mol. The second-order valence-corrected chi connectivity index (χ2v) is 9.15. The largest absolute Gasteiger partial charge is 0.480 e. The second-order valence-electron chi connectivity index (χ2n) is 9.15. The third-order valence-corrected chi connectivity index (χ3v) is 6.37. The van der Waals surface area contributed by atoms with E-state index in [2.05, 4.69) is 34.9 Å². The molecule has 2 aliphatic carbocycles. The molecule has 0 spiro atoms. The molecule has 7 nitrogen and oxygen atoms in total. The van der Waals surface area contributed by atoms with Crippen molar-refractivity contribution in [2.24, 2.45) is 11.8 Å². The fraction of sp³-hybridized carbons (Fsp3) is 0.423. The van der Waals surface area contributed by atoms with Crippen molar-refractivity contribution in [1.29, 1.82) is 0 Å². The van der Waals surface area contributed by atoms with Gasteiger partial charge in [0.1, 0.15) is 12.6 Å². The number of alkyl carbamates (subject to hydrolysis) is 1. The van der Waals surface area contributed by atoms with Crippen LogP contribution in [0.2, 0.25) is 0 Å². The standard InChI is InChI=1S/C26H30N2O5/c1-16(12-24(29)28-23(25(30)31)13-17-10-11-17)14-27-26(32)33-15-22-20-8-4-2-6-18(20)19-7-3-5-9-21(19)22/h2-9,16-17,22-23H,10-15H2,1H3,(H,27,32)(H,28,29)(H,30,31)/t16?,23-/m0/s1. The van der Waals surface area contributed by atoms with E-state index in [4.69, 9.17) is 4.74 Å². The zero-order chi connectivity index (χ0) is 23.4. The van der Waals surface area contributed by atoms with E-state index in [9.17, 15) is 19.5 Å². The highest BCUT2D eigenvalue weighted by molar-refractivity contribution is 5.83. The first-order chi connectivity index (χ1) is 15.9. The third kappa shape index (κ3) is 5.72. The zero-order valence-corrected chi connectivity index (χ0v) is 18.8. The van der Waals surface area contributed by atoms with Crippen molar-refractivity contribution in [3.05, 3.63) is 59.7 Å². The molecule has 33 heavy (non-hydrogen) atoms. The zero-order valence-electron chi connectivity index (χ0n) is 18.8. The number of benzene rings is 2. The first-order valence-electron chi connectivity index (χ1n) is 11.5. The van der Waals surface area contributed by atoms with Crippen molar-refractivity contribution in [2.45, 2.75) is 44.6 Å². The quantitative estimate of drug-likeness (QED) is 0.509. The molecule has 0 aliphatic heterocycles. The summed E-state index contributed by atoms with van der Waals surface area (Å²) in [6.07, 6.45) is 2.15. The summed E-state index contributed by atoms with van der Waals surface area (Å²) >= 11 is 0. The third-order valence-electron chi connectivity index (χ3n) is 6.37. The van der Waals surface area contributed by atoms with E-state index in [1.807, 2.05) is 31.2 Å². The van der Waals surface area contributed by atoms with Crippen molar-refractivity contribution < 1.29 is 24.2 Å². The minimum absolute atomic E-state index is 0.00855. The highest BCUT2D eigenvalue weighted by Gasteiger charge is 2.31. The predicted octanol–water partition coefficient (Wildman–Crippen LogP) is 3.92. The summed E-state index contributed by atoms with van der Waals surface area (Å²) in [7, 11) is 0. The number of carboxylic acid groups (broad SMARTS) is 1. The molecular formula is C26H30N2O5. The lowest BCUT2D eigenvalue weighted by Crippen LogP contribution is -2.42. The molecule has 174 valence electrons. The summed E-state index contributed by atoms with van der Waals surface area (Å²) in [5.74, 6) is -1.07. The van der Waals surface area contributed by atoms with E-state index < -0.39 is 18.1 Å². The van der Waals surface area contributed by atoms with Gasteiger partial charge in [-0.2, -0.15) is 0 Å². The molecule has 2 amide bonds. The molecule has 2 aliphatic rings. The van der Waals surface area contributed by atoms with Gasteiger partial charge in [0.2, 0.25) is 5.91 Å². The Morgan fingerprint density at radius 2 is 1.64 bits per heavy atom. The number of fused-ring (bicyclic) bond motifs is 3. The number of rotatable bonds is 10. The van der Waals surface area contributed by atoms with Crippen LogP contribution in [-0.2, 0) is 14.3 Å². The first-order valence-corrected chi connectivity index (χ1v) is 11.5. The Bertz CT molecular complexity index is 987. The molecule has 0 saturated heterocycles. The molecule has 1 fully saturated rings. The monoisotopic (exact) mass is 450 g/mol. The number of amides is 2. The molecule has 0 bridgehead atoms. The van der Waals surface area contributed by atoms with Crippen LogP contribution in [0.15, 0.2) is 48.5 Å². The summed E-state index contributed by atoms with van der Waals surface area (Å²) in [6.45, 7) is 2.33. The number of carboxylic acids is 1. The molecule has 2 aromatic carbocycles. The Hall–Kier alpha value is -3.35. The van der Waals surface area contributed by atoms with Gasteiger partial charge in [-0.3, -0.25) is 4.79 Å². The molecule has 0 aromatic heterocycles. The Balaban J connectivity index is 1.23. The average Bonchev–Trinajstić information content (AvgIpc) is 3.56. The van der Waals surface area contributed by atoms with Crippen LogP contribution in [0.1, 0.15) is 49.7 Å². The Morgan fingerprint density at radius 1 is 1.03 bits per heavy atom. The van der Waals surface area contributed by atoms with E-state index in [1.54, 1.807) is 0 Å². The molecule has 1 unspecified atom stereocenters. The van der Waals surface area contributed by atoms with Gasteiger partial charge >= 0.3 is 12.1 Å². The van der Waals surface area contributed by atoms with Crippen LogP contribution < -0.4 is 10.6 Å². The fourth-order valence-electron chi connectivity index (χ4n) is 4.46. The van der Waals surface area contributed by atoms with Gasteiger partial charge in [0.05, 0.1) is 0 Å². The van der Waals surface area contributed by atoms with Gasteiger partial charge < -0.3 is 20.5 Å². The van der Waals surface area contributed by atoms with E-state index in [-0.39, 0.29) is 37.3 Å². The van der Waals surface area contributed by atoms with Crippen LogP contribution in [-0.4, -0.2) is 42.3 Å². The minimum Gasteiger partial charge on any atom is -0.480 e. The number of carbonyl (C=O) groups excluding carboxylic acids is 2. The van der Waals surface area contributed by atoms with Crippen LogP contribution in [0.4, 0.5) is 4.79 Å². The average molecular weight is 451 g/mol. The van der Waals surface area contributed by atoms with E-state index in [0.717, 1.165) is 24.0 Å². The lowest BCUT2D eigenvalue weighted by atomic mass is 9.98. The van der Waals surface area contributed by atoms with Crippen LogP contribution in [0, 0.1) is 11.8 Å². The summed E-state index contributed by atoms with van der Waals surface area (Å²) in [4.78, 5) is 35.9. The molecule has 2 atom stereocenters. The maximum absolute atomic E-state index is 12.3. The smallest absolute Gasteiger partial charge is 0.407 e. The fourth-order valence-corrected chi connectivity index (χ4v) is 4.46. The number of aliphatic carboxylic acids is 1. The van der Waals surface area contributed by atoms with E-state index >= 15 is 0 Å². The Kier molecular flexibility index (Phi) is 6.96. The number of ether oxygens (including phenoxy) is 1. The van der Waals surface area contributed by atoms with E-state index in [0.29, 0.717) is 12.3 Å². The summed E-state index contributed by atoms with van der Waals surface area (Å²) in [5.41, 5.74) is 4.64. The SMILES string of the molecule is CC(CNC(=O)OCC1c2ccccc2-c2ccccc21)CC(=O)N[C@@H](CC1CC1)C(=O)O. The summed E-state index contributed by atoms with van der Waals surface area (Å²) in [5, 5.41) is 14.6. The number of hydrogen-bond acceptors (Lipinski definition) is 4. The molecule has 0 heterocycles. The lowest BCUT2D eigenvalue weighted by Gasteiger charge is -2.17. The maximum Gasteiger partial charge on any atom is 0.407 e.